The van der Waals surface area contributed by atoms with Crippen LogP contribution in [0.2, 0.25) is 0 Å². The quantitative estimate of drug-likeness (QED) is 0.474. The van der Waals surface area contributed by atoms with Crippen molar-refractivity contribution in [2.45, 2.75) is 12.8 Å². The summed E-state index contributed by atoms with van der Waals surface area (Å²) < 4.78 is 10.5. The van der Waals surface area contributed by atoms with E-state index in [-0.39, 0.29) is 5.97 Å². The van der Waals surface area contributed by atoms with Gasteiger partial charge in [0.1, 0.15) is 11.5 Å². The van der Waals surface area contributed by atoms with Crippen molar-refractivity contribution in [2.24, 2.45) is 0 Å². The number of hydrogen-bond donors (Lipinski definition) is 1. The second kappa shape index (κ2) is 3.91. The Kier molecular flexibility index (Phi) is 2.37. The van der Waals surface area contributed by atoms with Crippen molar-refractivity contribution in [1.82, 2.24) is 0 Å². The van der Waals surface area contributed by atoms with Gasteiger partial charge in [0.15, 0.2) is 0 Å². The van der Waals surface area contributed by atoms with Gasteiger partial charge < -0.3 is 15.2 Å². The summed E-state index contributed by atoms with van der Waals surface area (Å²) in [7, 11) is 1.61. The second-order valence-corrected chi connectivity index (χ2v) is 4.33. The van der Waals surface area contributed by atoms with Gasteiger partial charge in [-0.2, -0.15) is 0 Å². The van der Waals surface area contributed by atoms with E-state index in [0.29, 0.717) is 24.3 Å². The van der Waals surface area contributed by atoms with Crippen molar-refractivity contribution in [1.29, 1.82) is 0 Å². The molecule has 4 nitrogen and oxygen atoms in total. The predicted molar refractivity (Wildman–Crippen MR) is 68.9 cm³/mol. The highest BCUT2D eigenvalue weighted by atomic mass is 16.5. The molecule has 0 bridgehead atoms. The van der Waals surface area contributed by atoms with Crippen LogP contribution in [0.25, 0.3) is 10.8 Å². The summed E-state index contributed by atoms with van der Waals surface area (Å²) in [4.78, 5) is 11.4. The van der Waals surface area contributed by atoms with Gasteiger partial charge in [0, 0.05) is 16.6 Å². The molecule has 0 unspecified atom stereocenters. The van der Waals surface area contributed by atoms with Gasteiger partial charge in [0.2, 0.25) is 0 Å². The minimum absolute atomic E-state index is 0.211. The summed E-state index contributed by atoms with van der Waals surface area (Å²) >= 11 is 0. The average molecular weight is 243 g/mol. The highest BCUT2D eigenvalue weighted by molar-refractivity contribution is 5.97. The molecule has 3 rings (SSSR count). The first kappa shape index (κ1) is 10.9. The van der Waals surface area contributed by atoms with Crippen LogP contribution in [0.1, 0.15) is 12.0 Å². The van der Waals surface area contributed by atoms with E-state index in [9.17, 15) is 4.79 Å². The second-order valence-electron chi connectivity index (χ2n) is 4.33. The summed E-state index contributed by atoms with van der Waals surface area (Å²) in [6, 6.07) is 7.55. The van der Waals surface area contributed by atoms with Crippen LogP contribution >= 0.6 is 0 Å². The normalized spacial score (nSPS) is 14.2. The van der Waals surface area contributed by atoms with Gasteiger partial charge in [-0.1, -0.05) is 6.07 Å². The summed E-state index contributed by atoms with van der Waals surface area (Å²) in [5, 5.41) is 1.81. The first-order chi connectivity index (χ1) is 8.69. The Hall–Kier alpha value is -2.23. The van der Waals surface area contributed by atoms with Crippen LogP contribution in [0.4, 0.5) is 5.69 Å². The Bertz CT molecular complexity index is 649. The van der Waals surface area contributed by atoms with E-state index < -0.39 is 0 Å². The Morgan fingerprint density at radius 3 is 2.89 bits per heavy atom. The zero-order chi connectivity index (χ0) is 12.7. The fourth-order valence-corrected chi connectivity index (χ4v) is 2.30. The first-order valence-electron chi connectivity index (χ1n) is 5.79. The monoisotopic (exact) mass is 243 g/mol. The maximum atomic E-state index is 11.4. The first-order valence-corrected chi connectivity index (χ1v) is 5.79. The van der Waals surface area contributed by atoms with Crippen molar-refractivity contribution in [2.75, 3.05) is 12.8 Å². The minimum atomic E-state index is -0.211. The maximum Gasteiger partial charge on any atom is 0.311 e. The molecule has 1 aliphatic heterocycles. The molecule has 18 heavy (non-hydrogen) atoms. The van der Waals surface area contributed by atoms with Crippen LogP contribution in [0, 0.1) is 0 Å². The molecule has 2 N–H and O–H groups in total. The largest absolute Gasteiger partial charge is 0.497 e. The highest BCUT2D eigenvalue weighted by Crippen LogP contribution is 2.39. The number of methoxy groups -OCH3 is 1. The molecule has 0 saturated carbocycles. The van der Waals surface area contributed by atoms with Gasteiger partial charge >= 0.3 is 5.97 Å². The molecule has 0 aromatic heterocycles. The molecule has 0 fully saturated rings. The molecule has 2 aromatic rings. The SMILES string of the molecule is COc1ccc2cc(N)c3c(c2c1)OC(=O)CC3. The summed E-state index contributed by atoms with van der Waals surface area (Å²) in [6.45, 7) is 0. The number of benzene rings is 2. The molecule has 1 heterocycles. The van der Waals surface area contributed by atoms with Crippen molar-refractivity contribution in [3.05, 3.63) is 29.8 Å². The van der Waals surface area contributed by atoms with E-state index in [1.54, 1.807) is 7.11 Å². The summed E-state index contributed by atoms with van der Waals surface area (Å²) in [5.41, 5.74) is 7.59. The Labute approximate surface area is 104 Å². The maximum absolute atomic E-state index is 11.4. The van der Waals surface area contributed by atoms with E-state index in [2.05, 4.69) is 0 Å². The number of carbonyl (C=O) groups is 1. The molecule has 0 radical (unpaired) electrons. The fourth-order valence-electron chi connectivity index (χ4n) is 2.30. The lowest BCUT2D eigenvalue weighted by atomic mass is 9.98. The van der Waals surface area contributed by atoms with Crippen molar-refractivity contribution >= 4 is 22.4 Å². The minimum Gasteiger partial charge on any atom is -0.497 e. The lowest BCUT2D eigenvalue weighted by Gasteiger charge is -2.19. The van der Waals surface area contributed by atoms with Crippen molar-refractivity contribution in [3.63, 3.8) is 0 Å². The fraction of sp³-hybridized carbons (Fsp3) is 0.214. The number of anilines is 1. The van der Waals surface area contributed by atoms with Gasteiger partial charge in [0.25, 0.3) is 0 Å². The molecule has 1 aliphatic rings. The Morgan fingerprint density at radius 1 is 1.28 bits per heavy atom. The molecule has 0 atom stereocenters. The molecule has 2 aromatic carbocycles. The van der Waals surface area contributed by atoms with Gasteiger partial charge in [-0.05, 0) is 30.0 Å². The van der Waals surface area contributed by atoms with E-state index in [1.807, 2.05) is 24.3 Å². The third-order valence-corrected chi connectivity index (χ3v) is 3.23. The number of esters is 1. The van der Waals surface area contributed by atoms with Crippen LogP contribution in [-0.2, 0) is 11.2 Å². The zero-order valence-electron chi connectivity index (χ0n) is 10.0. The Morgan fingerprint density at radius 2 is 2.11 bits per heavy atom. The smallest absolute Gasteiger partial charge is 0.311 e. The van der Waals surface area contributed by atoms with E-state index in [0.717, 1.165) is 22.1 Å². The van der Waals surface area contributed by atoms with Gasteiger partial charge in [-0.3, -0.25) is 4.79 Å². The van der Waals surface area contributed by atoms with Crippen LogP contribution in [0.3, 0.4) is 0 Å². The van der Waals surface area contributed by atoms with Crippen LogP contribution < -0.4 is 15.2 Å². The van der Waals surface area contributed by atoms with E-state index in [1.165, 1.54) is 0 Å². The average Bonchev–Trinajstić information content (AvgIpc) is 2.38. The number of hydrogen-bond acceptors (Lipinski definition) is 4. The highest BCUT2D eigenvalue weighted by Gasteiger charge is 2.22. The van der Waals surface area contributed by atoms with Crippen molar-refractivity contribution in [3.8, 4) is 11.5 Å². The summed E-state index contributed by atoms with van der Waals surface area (Å²) in [6.07, 6.45) is 1.01. The lowest BCUT2D eigenvalue weighted by molar-refractivity contribution is -0.135. The van der Waals surface area contributed by atoms with Crippen LogP contribution in [-0.4, -0.2) is 13.1 Å². The number of carbonyl (C=O) groups excluding carboxylic acids is 1. The zero-order valence-corrected chi connectivity index (χ0v) is 10.0. The number of ether oxygens (including phenoxy) is 2. The van der Waals surface area contributed by atoms with E-state index >= 15 is 0 Å². The van der Waals surface area contributed by atoms with Crippen LogP contribution in [0.15, 0.2) is 24.3 Å². The van der Waals surface area contributed by atoms with Gasteiger partial charge in [-0.25, -0.2) is 0 Å². The van der Waals surface area contributed by atoms with Gasteiger partial charge in [0.05, 0.1) is 13.5 Å². The molecule has 4 heteroatoms. The topological polar surface area (TPSA) is 61.6 Å². The molecule has 0 saturated heterocycles. The third kappa shape index (κ3) is 1.57. The number of nitrogens with two attached hydrogens (primary N) is 1. The number of rotatable bonds is 1. The van der Waals surface area contributed by atoms with Gasteiger partial charge in [-0.15, -0.1) is 0 Å². The molecular formula is C14H13NO3. The van der Waals surface area contributed by atoms with E-state index in [4.69, 9.17) is 15.2 Å². The lowest BCUT2D eigenvalue weighted by Crippen LogP contribution is -2.17. The van der Waals surface area contributed by atoms with Crippen molar-refractivity contribution < 1.29 is 14.3 Å². The molecule has 0 amide bonds. The summed E-state index contributed by atoms with van der Waals surface area (Å²) in [5.74, 6) is 1.11. The standard InChI is InChI=1S/C14H13NO3/c1-17-9-3-2-8-6-12(15)10-4-5-13(16)18-14(10)11(8)7-9/h2-3,6-7H,4-5,15H2,1H3. The molecule has 92 valence electrons. The van der Waals surface area contributed by atoms with Crippen LogP contribution in [0.5, 0.6) is 11.5 Å². The molecular weight excluding hydrogens is 230 g/mol. The molecule has 0 spiro atoms. The molecule has 0 aliphatic carbocycles. The predicted octanol–water partition coefficient (Wildman–Crippen LogP) is 2.28. The Balaban J connectivity index is 2.32. The number of nitrogen functional groups attached to an aromatic ring is 1. The third-order valence-electron chi connectivity index (χ3n) is 3.23. The number of fused-ring (bicyclic) bond motifs is 3.